The summed E-state index contributed by atoms with van der Waals surface area (Å²) in [6.45, 7) is 4.38. The summed E-state index contributed by atoms with van der Waals surface area (Å²) in [6, 6.07) is 1.83. The van der Waals surface area contributed by atoms with Crippen LogP contribution in [-0.2, 0) is 5.41 Å². The van der Waals surface area contributed by atoms with Gasteiger partial charge in [0.2, 0.25) is 0 Å². The van der Waals surface area contributed by atoms with E-state index < -0.39 is 0 Å². The second-order valence-electron chi connectivity index (χ2n) is 4.51. The van der Waals surface area contributed by atoms with Crippen molar-refractivity contribution in [3.8, 4) is 5.75 Å². The molecule has 0 amide bonds. The molecule has 2 nitrogen and oxygen atoms in total. The number of rotatable bonds is 2. The molecule has 0 unspecified atom stereocenters. The second kappa shape index (κ2) is 3.39. The maximum absolute atomic E-state index is 9.90. The van der Waals surface area contributed by atoms with Gasteiger partial charge in [-0.15, -0.1) is 0 Å². The number of benzene rings is 1. The summed E-state index contributed by atoms with van der Waals surface area (Å²) >= 11 is 6.24. The summed E-state index contributed by atoms with van der Waals surface area (Å²) in [4.78, 5) is 0. The van der Waals surface area contributed by atoms with Gasteiger partial charge in [0.1, 0.15) is 5.75 Å². The molecule has 15 heavy (non-hydrogen) atoms. The van der Waals surface area contributed by atoms with Gasteiger partial charge in [0, 0.05) is 17.0 Å². The van der Waals surface area contributed by atoms with Crippen molar-refractivity contribution in [1.29, 1.82) is 0 Å². The molecule has 1 aromatic rings. The smallest absolute Gasteiger partial charge is 0.121 e. The molecule has 0 saturated heterocycles. The molecule has 0 radical (unpaired) electrons. The predicted molar refractivity (Wildman–Crippen MR) is 62.6 cm³/mol. The van der Waals surface area contributed by atoms with Crippen LogP contribution in [0.4, 0.5) is 0 Å². The first-order valence-corrected chi connectivity index (χ1v) is 5.59. The zero-order chi connectivity index (χ0) is 11.2. The Hall–Kier alpha value is -0.730. The van der Waals surface area contributed by atoms with Crippen molar-refractivity contribution >= 4 is 11.6 Å². The largest absolute Gasteiger partial charge is 0.507 e. The third kappa shape index (κ3) is 1.52. The molecule has 0 bridgehead atoms. The zero-order valence-electron chi connectivity index (χ0n) is 9.10. The van der Waals surface area contributed by atoms with Crippen LogP contribution in [0.3, 0.4) is 0 Å². The molecule has 1 saturated carbocycles. The van der Waals surface area contributed by atoms with E-state index in [1.165, 1.54) is 0 Å². The molecule has 1 aliphatic rings. The van der Waals surface area contributed by atoms with Crippen LogP contribution >= 0.6 is 11.6 Å². The number of phenols is 1. The van der Waals surface area contributed by atoms with E-state index in [1.54, 1.807) is 0 Å². The highest BCUT2D eigenvalue weighted by Gasteiger charge is 2.45. The lowest BCUT2D eigenvalue weighted by molar-refractivity contribution is 0.464. The molecule has 0 spiro atoms. The van der Waals surface area contributed by atoms with Gasteiger partial charge < -0.3 is 10.8 Å². The van der Waals surface area contributed by atoms with Gasteiger partial charge in [-0.25, -0.2) is 0 Å². The highest BCUT2D eigenvalue weighted by Crippen LogP contribution is 2.52. The molecule has 82 valence electrons. The van der Waals surface area contributed by atoms with E-state index in [4.69, 9.17) is 17.3 Å². The van der Waals surface area contributed by atoms with Gasteiger partial charge in [-0.05, 0) is 49.4 Å². The fourth-order valence-electron chi connectivity index (χ4n) is 2.28. The molecule has 3 heteroatoms. The Balaban J connectivity index is 2.62. The molecular weight excluding hydrogens is 210 g/mol. The Morgan fingerprint density at radius 2 is 2.07 bits per heavy atom. The van der Waals surface area contributed by atoms with Crippen molar-refractivity contribution in [2.24, 2.45) is 5.73 Å². The number of phenolic OH excluding ortho intramolecular Hbond substituents is 1. The van der Waals surface area contributed by atoms with Gasteiger partial charge in [-0.1, -0.05) is 11.6 Å². The SMILES string of the molecule is Cc1cc(Cl)c(C2(CN)CC2)c(C)c1O. The number of hydrogen-bond donors (Lipinski definition) is 2. The van der Waals surface area contributed by atoms with Crippen LogP contribution in [0, 0.1) is 13.8 Å². The average molecular weight is 226 g/mol. The van der Waals surface area contributed by atoms with Gasteiger partial charge in [0.15, 0.2) is 0 Å². The maximum atomic E-state index is 9.90. The number of hydrogen-bond acceptors (Lipinski definition) is 2. The summed E-state index contributed by atoms with van der Waals surface area (Å²) in [6.07, 6.45) is 2.15. The molecule has 3 N–H and O–H groups in total. The van der Waals surface area contributed by atoms with Crippen LogP contribution in [-0.4, -0.2) is 11.7 Å². The molecule has 0 atom stereocenters. The molecule has 0 aromatic heterocycles. The maximum Gasteiger partial charge on any atom is 0.121 e. The van der Waals surface area contributed by atoms with Gasteiger partial charge in [0.25, 0.3) is 0 Å². The van der Waals surface area contributed by atoms with Crippen LogP contribution in [0.2, 0.25) is 5.02 Å². The van der Waals surface area contributed by atoms with E-state index in [0.29, 0.717) is 12.3 Å². The van der Waals surface area contributed by atoms with Crippen molar-refractivity contribution in [3.05, 3.63) is 27.8 Å². The van der Waals surface area contributed by atoms with Gasteiger partial charge >= 0.3 is 0 Å². The summed E-state index contributed by atoms with van der Waals surface area (Å²) < 4.78 is 0. The number of aromatic hydroxyl groups is 1. The van der Waals surface area contributed by atoms with Crippen molar-refractivity contribution in [2.75, 3.05) is 6.54 Å². The van der Waals surface area contributed by atoms with Crippen molar-refractivity contribution in [1.82, 2.24) is 0 Å². The monoisotopic (exact) mass is 225 g/mol. The lowest BCUT2D eigenvalue weighted by Crippen LogP contribution is -2.21. The summed E-state index contributed by atoms with van der Waals surface area (Å²) in [5.41, 5.74) is 8.59. The molecule has 1 aliphatic carbocycles. The van der Waals surface area contributed by atoms with Gasteiger partial charge in [-0.3, -0.25) is 0 Å². The Morgan fingerprint density at radius 3 is 2.53 bits per heavy atom. The number of nitrogens with two attached hydrogens (primary N) is 1. The number of aryl methyl sites for hydroxylation is 1. The van der Waals surface area contributed by atoms with Crippen LogP contribution < -0.4 is 5.73 Å². The average Bonchev–Trinajstić information content (AvgIpc) is 2.96. The predicted octanol–water partition coefficient (Wildman–Crippen LogP) is 2.65. The molecule has 2 rings (SSSR count). The standard InChI is InChI=1S/C12H16ClNO/c1-7-5-9(13)10(8(2)11(7)15)12(6-14)3-4-12/h5,15H,3-4,6,14H2,1-2H3. The quantitative estimate of drug-likeness (QED) is 0.813. The first-order chi connectivity index (χ1) is 7.02. The van der Waals surface area contributed by atoms with Crippen molar-refractivity contribution in [3.63, 3.8) is 0 Å². The summed E-state index contributed by atoms with van der Waals surface area (Å²) in [5, 5.41) is 10.6. The van der Waals surface area contributed by atoms with Crippen LogP contribution in [0.5, 0.6) is 5.75 Å². The van der Waals surface area contributed by atoms with E-state index in [0.717, 1.165) is 34.6 Å². The summed E-state index contributed by atoms with van der Waals surface area (Å²) in [5.74, 6) is 0.356. The summed E-state index contributed by atoms with van der Waals surface area (Å²) in [7, 11) is 0. The third-order valence-corrected chi connectivity index (χ3v) is 3.76. The minimum absolute atomic E-state index is 0.0341. The van der Waals surface area contributed by atoms with Crippen molar-refractivity contribution < 1.29 is 5.11 Å². The minimum atomic E-state index is 0.0341. The van der Waals surface area contributed by atoms with E-state index in [9.17, 15) is 5.11 Å². The molecule has 1 fully saturated rings. The Kier molecular flexibility index (Phi) is 2.44. The molecule has 0 aliphatic heterocycles. The lowest BCUT2D eigenvalue weighted by Gasteiger charge is -2.19. The molecular formula is C12H16ClNO. The highest BCUT2D eigenvalue weighted by atomic mass is 35.5. The first kappa shape index (κ1) is 10.8. The first-order valence-electron chi connectivity index (χ1n) is 5.21. The fourth-order valence-corrected chi connectivity index (χ4v) is 2.79. The Bertz CT molecular complexity index is 411. The van der Waals surface area contributed by atoms with E-state index in [-0.39, 0.29) is 5.41 Å². The molecule has 0 heterocycles. The minimum Gasteiger partial charge on any atom is -0.507 e. The zero-order valence-corrected chi connectivity index (χ0v) is 9.86. The Morgan fingerprint density at radius 1 is 1.47 bits per heavy atom. The lowest BCUT2D eigenvalue weighted by atomic mass is 9.90. The second-order valence-corrected chi connectivity index (χ2v) is 4.92. The number of halogens is 1. The van der Waals surface area contributed by atoms with Gasteiger partial charge in [0.05, 0.1) is 0 Å². The third-order valence-electron chi connectivity index (χ3n) is 3.46. The van der Waals surface area contributed by atoms with E-state index in [2.05, 4.69) is 0 Å². The fraction of sp³-hybridized carbons (Fsp3) is 0.500. The van der Waals surface area contributed by atoms with Crippen LogP contribution in [0.15, 0.2) is 6.07 Å². The normalized spacial score (nSPS) is 17.9. The highest BCUT2D eigenvalue weighted by molar-refractivity contribution is 6.31. The Labute approximate surface area is 95.1 Å². The van der Waals surface area contributed by atoms with Crippen LogP contribution in [0.25, 0.3) is 0 Å². The topological polar surface area (TPSA) is 46.2 Å². The van der Waals surface area contributed by atoms with E-state index >= 15 is 0 Å². The van der Waals surface area contributed by atoms with Gasteiger partial charge in [-0.2, -0.15) is 0 Å². The van der Waals surface area contributed by atoms with E-state index in [1.807, 2.05) is 19.9 Å². The molecule has 1 aromatic carbocycles. The van der Waals surface area contributed by atoms with Crippen LogP contribution in [0.1, 0.15) is 29.5 Å². The van der Waals surface area contributed by atoms with Crippen molar-refractivity contribution in [2.45, 2.75) is 32.1 Å².